The van der Waals surface area contributed by atoms with Gasteiger partial charge in [-0.05, 0) is 54.5 Å². The van der Waals surface area contributed by atoms with Gasteiger partial charge in [0.2, 0.25) is 0 Å². The molecule has 1 aliphatic rings. The summed E-state index contributed by atoms with van der Waals surface area (Å²) in [6.45, 7) is 2.08. The summed E-state index contributed by atoms with van der Waals surface area (Å²) < 4.78 is 5.40. The van der Waals surface area contributed by atoms with E-state index in [2.05, 4.69) is 5.32 Å². The molecule has 0 atom stereocenters. The van der Waals surface area contributed by atoms with Crippen molar-refractivity contribution in [3.8, 4) is 5.75 Å². The highest BCUT2D eigenvalue weighted by Gasteiger charge is 2.18. The third kappa shape index (κ3) is 4.15. The molecule has 1 heterocycles. The molecule has 0 radical (unpaired) electrons. The van der Waals surface area contributed by atoms with Gasteiger partial charge in [0.05, 0.1) is 7.11 Å². The van der Waals surface area contributed by atoms with E-state index in [1.165, 1.54) is 6.42 Å². The van der Waals surface area contributed by atoms with Crippen molar-refractivity contribution in [3.05, 3.63) is 77.4 Å². The lowest BCUT2D eigenvalue weighted by Crippen LogP contribution is -2.35. The maximum atomic E-state index is 12.8. The van der Waals surface area contributed by atoms with E-state index >= 15 is 0 Å². The van der Waals surface area contributed by atoms with Gasteiger partial charge in [0.1, 0.15) is 5.75 Å². The molecular formula is C25H26N2O3. The number of fused-ring (bicyclic) bond motifs is 1. The molecule has 0 spiro atoms. The molecule has 0 saturated carbocycles. The molecule has 1 saturated heterocycles. The summed E-state index contributed by atoms with van der Waals surface area (Å²) in [5.74, 6) is 0.702. The molecule has 1 aliphatic heterocycles. The van der Waals surface area contributed by atoms with E-state index in [-0.39, 0.29) is 11.8 Å². The van der Waals surface area contributed by atoms with Gasteiger partial charge in [-0.1, -0.05) is 36.4 Å². The zero-order valence-corrected chi connectivity index (χ0v) is 17.2. The second-order valence-corrected chi connectivity index (χ2v) is 7.59. The predicted molar refractivity (Wildman–Crippen MR) is 118 cm³/mol. The van der Waals surface area contributed by atoms with Crippen molar-refractivity contribution < 1.29 is 14.3 Å². The predicted octanol–water partition coefficient (Wildman–Crippen LogP) is 4.40. The van der Waals surface area contributed by atoms with Crippen molar-refractivity contribution in [3.63, 3.8) is 0 Å². The molecule has 3 aromatic rings. The average Bonchev–Trinajstić information content (AvgIpc) is 2.82. The Bertz CT molecular complexity index is 1050. The number of hydrogen-bond acceptors (Lipinski definition) is 3. The van der Waals surface area contributed by atoms with Gasteiger partial charge in [-0.3, -0.25) is 9.59 Å². The number of ether oxygens (including phenoxy) is 1. The SMILES string of the molecule is COc1ccc(C(=O)NCc2ccc(C(=O)N3CCCCC3)cc2)c2ccccc12. The van der Waals surface area contributed by atoms with Crippen LogP contribution in [0.3, 0.4) is 0 Å². The number of carbonyl (C=O) groups is 2. The van der Waals surface area contributed by atoms with E-state index in [4.69, 9.17) is 4.74 Å². The maximum absolute atomic E-state index is 12.8. The van der Waals surface area contributed by atoms with Gasteiger partial charge in [0.15, 0.2) is 0 Å². The molecule has 0 unspecified atom stereocenters. The second-order valence-electron chi connectivity index (χ2n) is 7.59. The van der Waals surface area contributed by atoms with Gasteiger partial charge in [0, 0.05) is 36.1 Å². The van der Waals surface area contributed by atoms with Gasteiger partial charge in [-0.2, -0.15) is 0 Å². The second kappa shape index (κ2) is 8.99. The molecule has 5 nitrogen and oxygen atoms in total. The molecule has 0 aliphatic carbocycles. The highest BCUT2D eigenvalue weighted by Crippen LogP contribution is 2.28. The van der Waals surface area contributed by atoms with E-state index < -0.39 is 0 Å². The van der Waals surface area contributed by atoms with Crippen LogP contribution in [-0.2, 0) is 6.54 Å². The standard InChI is InChI=1S/C25H26N2O3/c1-30-23-14-13-22(20-7-3-4-8-21(20)23)24(28)26-17-18-9-11-19(12-10-18)25(29)27-15-5-2-6-16-27/h3-4,7-14H,2,5-6,15-17H2,1H3,(H,26,28). The quantitative estimate of drug-likeness (QED) is 0.688. The summed E-state index contributed by atoms with van der Waals surface area (Å²) in [5.41, 5.74) is 2.27. The molecule has 5 heteroatoms. The number of nitrogens with one attached hydrogen (secondary N) is 1. The van der Waals surface area contributed by atoms with Gasteiger partial charge >= 0.3 is 0 Å². The Hall–Kier alpha value is -3.34. The fourth-order valence-electron chi connectivity index (χ4n) is 3.97. The molecule has 30 heavy (non-hydrogen) atoms. The first kappa shape index (κ1) is 20.0. The Morgan fingerprint density at radius 3 is 2.30 bits per heavy atom. The molecule has 0 aromatic heterocycles. The van der Waals surface area contributed by atoms with Crippen LogP contribution in [0.25, 0.3) is 10.8 Å². The zero-order chi connectivity index (χ0) is 20.9. The first-order valence-corrected chi connectivity index (χ1v) is 10.4. The first-order valence-electron chi connectivity index (χ1n) is 10.4. The molecule has 1 fully saturated rings. The molecule has 2 amide bonds. The van der Waals surface area contributed by atoms with Gasteiger partial charge in [0.25, 0.3) is 11.8 Å². The normalized spacial score (nSPS) is 13.8. The van der Waals surface area contributed by atoms with Crippen LogP contribution >= 0.6 is 0 Å². The molecule has 3 aromatic carbocycles. The van der Waals surface area contributed by atoms with Crippen molar-refractivity contribution in [2.24, 2.45) is 0 Å². The Labute approximate surface area is 176 Å². The van der Waals surface area contributed by atoms with Crippen LogP contribution in [0.15, 0.2) is 60.7 Å². The van der Waals surface area contributed by atoms with E-state index in [9.17, 15) is 9.59 Å². The average molecular weight is 402 g/mol. The summed E-state index contributed by atoms with van der Waals surface area (Å²) in [6.07, 6.45) is 3.36. The number of amides is 2. The maximum Gasteiger partial charge on any atom is 0.253 e. The molecule has 154 valence electrons. The van der Waals surface area contributed by atoms with E-state index in [0.717, 1.165) is 48.0 Å². The van der Waals surface area contributed by atoms with Gasteiger partial charge < -0.3 is 15.0 Å². The molecule has 4 rings (SSSR count). The molecule has 0 bridgehead atoms. The Morgan fingerprint density at radius 1 is 0.900 bits per heavy atom. The number of carbonyl (C=O) groups excluding carboxylic acids is 2. The monoisotopic (exact) mass is 402 g/mol. The minimum Gasteiger partial charge on any atom is -0.496 e. The summed E-state index contributed by atoms with van der Waals surface area (Å²) in [4.78, 5) is 27.3. The van der Waals surface area contributed by atoms with Crippen LogP contribution < -0.4 is 10.1 Å². The number of piperidine rings is 1. The van der Waals surface area contributed by atoms with Crippen LogP contribution in [0.4, 0.5) is 0 Å². The smallest absolute Gasteiger partial charge is 0.253 e. The van der Waals surface area contributed by atoms with E-state index in [1.54, 1.807) is 13.2 Å². The third-order valence-corrected chi connectivity index (χ3v) is 5.65. The summed E-state index contributed by atoms with van der Waals surface area (Å²) >= 11 is 0. The first-order chi connectivity index (χ1) is 14.7. The van der Waals surface area contributed by atoms with E-state index in [1.807, 2.05) is 59.5 Å². The van der Waals surface area contributed by atoms with Crippen LogP contribution in [-0.4, -0.2) is 36.9 Å². The topological polar surface area (TPSA) is 58.6 Å². The Kier molecular flexibility index (Phi) is 5.98. The largest absolute Gasteiger partial charge is 0.496 e. The minimum atomic E-state index is -0.137. The highest BCUT2D eigenvalue weighted by atomic mass is 16.5. The third-order valence-electron chi connectivity index (χ3n) is 5.65. The molecular weight excluding hydrogens is 376 g/mol. The summed E-state index contributed by atoms with van der Waals surface area (Å²) in [5, 5.41) is 4.75. The minimum absolute atomic E-state index is 0.0926. The van der Waals surface area contributed by atoms with Crippen LogP contribution in [0, 0.1) is 0 Å². The molecule has 1 N–H and O–H groups in total. The lowest BCUT2D eigenvalue weighted by atomic mass is 10.0. The van der Waals surface area contributed by atoms with E-state index in [0.29, 0.717) is 17.7 Å². The number of hydrogen-bond donors (Lipinski definition) is 1. The number of benzene rings is 3. The number of nitrogens with zero attached hydrogens (tertiary/aromatic N) is 1. The van der Waals surface area contributed by atoms with Crippen molar-refractivity contribution in [1.82, 2.24) is 10.2 Å². The lowest BCUT2D eigenvalue weighted by molar-refractivity contribution is 0.0724. The highest BCUT2D eigenvalue weighted by molar-refractivity contribution is 6.08. The van der Waals surface area contributed by atoms with Gasteiger partial charge in [-0.25, -0.2) is 0 Å². The zero-order valence-electron chi connectivity index (χ0n) is 17.2. The number of likely N-dealkylation sites (tertiary alicyclic amines) is 1. The summed E-state index contributed by atoms with van der Waals surface area (Å²) in [7, 11) is 1.63. The lowest BCUT2D eigenvalue weighted by Gasteiger charge is -2.26. The number of methoxy groups -OCH3 is 1. The fourth-order valence-corrected chi connectivity index (χ4v) is 3.97. The Balaban J connectivity index is 1.43. The van der Waals surface area contributed by atoms with Crippen molar-refractivity contribution >= 4 is 22.6 Å². The van der Waals surface area contributed by atoms with Gasteiger partial charge in [-0.15, -0.1) is 0 Å². The van der Waals surface area contributed by atoms with Crippen LogP contribution in [0.5, 0.6) is 5.75 Å². The number of rotatable bonds is 5. The van der Waals surface area contributed by atoms with Crippen molar-refractivity contribution in [2.75, 3.05) is 20.2 Å². The summed E-state index contributed by atoms with van der Waals surface area (Å²) in [6, 6.07) is 18.8. The van der Waals surface area contributed by atoms with Crippen LogP contribution in [0.1, 0.15) is 45.5 Å². The van der Waals surface area contributed by atoms with Crippen molar-refractivity contribution in [1.29, 1.82) is 0 Å². The van der Waals surface area contributed by atoms with Crippen molar-refractivity contribution in [2.45, 2.75) is 25.8 Å². The fraction of sp³-hybridized carbons (Fsp3) is 0.280. The Morgan fingerprint density at radius 2 is 1.60 bits per heavy atom. The van der Waals surface area contributed by atoms with Crippen LogP contribution in [0.2, 0.25) is 0 Å².